The van der Waals surface area contributed by atoms with Gasteiger partial charge in [-0.3, -0.25) is 0 Å². The summed E-state index contributed by atoms with van der Waals surface area (Å²) < 4.78 is 13.1. The van der Waals surface area contributed by atoms with Gasteiger partial charge in [-0.2, -0.15) is 0 Å². The fraction of sp³-hybridized carbons (Fsp3) is 0.235. The van der Waals surface area contributed by atoms with Gasteiger partial charge in [-0.05, 0) is 36.2 Å². The molecule has 0 aliphatic heterocycles. The Morgan fingerprint density at radius 1 is 1.10 bits per heavy atom. The summed E-state index contributed by atoms with van der Waals surface area (Å²) in [5.41, 5.74) is 1.97. The summed E-state index contributed by atoms with van der Waals surface area (Å²) in [6.45, 7) is 1.32. The summed E-state index contributed by atoms with van der Waals surface area (Å²) in [4.78, 5) is 11.1. The molecule has 0 heterocycles. The highest BCUT2D eigenvalue weighted by atomic mass is 19.1. The van der Waals surface area contributed by atoms with Crippen LogP contribution < -0.4 is 5.32 Å². The van der Waals surface area contributed by atoms with Crippen molar-refractivity contribution in [2.45, 2.75) is 12.3 Å². The number of carbonyl (C=O) groups excluding carboxylic acids is 1. The van der Waals surface area contributed by atoms with Crippen molar-refractivity contribution >= 4 is 6.29 Å². The van der Waals surface area contributed by atoms with Gasteiger partial charge in [-0.25, -0.2) is 4.39 Å². The van der Waals surface area contributed by atoms with E-state index in [1.165, 1.54) is 17.7 Å². The van der Waals surface area contributed by atoms with Gasteiger partial charge in [0.2, 0.25) is 0 Å². The largest absolute Gasteiger partial charge is 0.315 e. The molecular formula is C17H18FNO. The molecule has 2 nitrogen and oxygen atoms in total. The van der Waals surface area contributed by atoms with Crippen molar-refractivity contribution in [2.75, 3.05) is 13.1 Å². The van der Waals surface area contributed by atoms with Gasteiger partial charge >= 0.3 is 0 Å². The van der Waals surface area contributed by atoms with Crippen LogP contribution >= 0.6 is 0 Å². The van der Waals surface area contributed by atoms with E-state index in [1.54, 1.807) is 12.1 Å². The van der Waals surface area contributed by atoms with Crippen LogP contribution in [0.3, 0.4) is 0 Å². The zero-order valence-electron chi connectivity index (χ0n) is 11.3. The van der Waals surface area contributed by atoms with Gasteiger partial charge < -0.3 is 10.1 Å². The van der Waals surface area contributed by atoms with Crippen LogP contribution in [0.2, 0.25) is 0 Å². The van der Waals surface area contributed by atoms with E-state index >= 15 is 0 Å². The first-order chi connectivity index (χ1) is 9.79. The van der Waals surface area contributed by atoms with Crippen LogP contribution in [0.5, 0.6) is 0 Å². The van der Waals surface area contributed by atoms with Gasteiger partial charge in [0, 0.05) is 6.54 Å². The van der Waals surface area contributed by atoms with Gasteiger partial charge in [0.15, 0.2) is 0 Å². The molecule has 0 aliphatic carbocycles. The molecule has 104 valence electrons. The highest BCUT2D eigenvalue weighted by Crippen LogP contribution is 2.13. The molecule has 0 spiro atoms. The van der Waals surface area contributed by atoms with Crippen molar-refractivity contribution in [3.8, 4) is 0 Å². The van der Waals surface area contributed by atoms with E-state index < -0.39 is 0 Å². The average Bonchev–Trinajstić information content (AvgIpc) is 2.48. The minimum Gasteiger partial charge on any atom is -0.315 e. The monoisotopic (exact) mass is 271 g/mol. The maximum absolute atomic E-state index is 13.1. The fourth-order valence-corrected chi connectivity index (χ4v) is 2.12. The zero-order valence-corrected chi connectivity index (χ0v) is 11.3. The molecule has 0 aromatic heterocycles. The Morgan fingerprint density at radius 2 is 1.90 bits per heavy atom. The van der Waals surface area contributed by atoms with Crippen LogP contribution in [-0.2, 0) is 11.2 Å². The van der Waals surface area contributed by atoms with E-state index in [0.717, 1.165) is 19.3 Å². The lowest BCUT2D eigenvalue weighted by molar-refractivity contribution is -0.109. The quantitative estimate of drug-likeness (QED) is 0.619. The molecule has 0 saturated carbocycles. The van der Waals surface area contributed by atoms with Gasteiger partial charge in [0.1, 0.15) is 12.1 Å². The Labute approximate surface area is 118 Å². The molecule has 1 unspecified atom stereocenters. The normalized spacial score (nSPS) is 12.1. The van der Waals surface area contributed by atoms with E-state index in [2.05, 4.69) is 17.4 Å². The van der Waals surface area contributed by atoms with Crippen LogP contribution in [0, 0.1) is 5.82 Å². The highest BCUT2D eigenvalue weighted by Gasteiger charge is 2.10. The Bertz CT molecular complexity index is 542. The highest BCUT2D eigenvalue weighted by molar-refractivity contribution is 5.62. The first-order valence-electron chi connectivity index (χ1n) is 6.75. The third kappa shape index (κ3) is 4.28. The molecule has 20 heavy (non-hydrogen) atoms. The standard InChI is InChI=1S/C17H18FNO/c18-17-8-4-7-15(11-17)16(13-20)12-19-10-9-14-5-2-1-3-6-14/h1-8,11,13,16,19H,9-10,12H2. The van der Waals surface area contributed by atoms with E-state index in [4.69, 9.17) is 0 Å². The molecule has 0 amide bonds. The number of halogens is 1. The topological polar surface area (TPSA) is 29.1 Å². The van der Waals surface area contributed by atoms with E-state index in [9.17, 15) is 9.18 Å². The third-order valence-corrected chi connectivity index (χ3v) is 3.24. The van der Waals surface area contributed by atoms with Crippen molar-refractivity contribution in [2.24, 2.45) is 0 Å². The van der Waals surface area contributed by atoms with Crippen LogP contribution in [0.1, 0.15) is 17.0 Å². The molecule has 3 heteroatoms. The Kier molecular flexibility index (Phi) is 5.44. The number of benzene rings is 2. The molecular weight excluding hydrogens is 253 g/mol. The Morgan fingerprint density at radius 3 is 2.60 bits per heavy atom. The van der Waals surface area contributed by atoms with Crippen molar-refractivity contribution in [3.05, 3.63) is 71.5 Å². The summed E-state index contributed by atoms with van der Waals surface area (Å²) >= 11 is 0. The van der Waals surface area contributed by atoms with Crippen molar-refractivity contribution in [1.29, 1.82) is 0 Å². The number of rotatable bonds is 7. The van der Waals surface area contributed by atoms with Crippen molar-refractivity contribution in [1.82, 2.24) is 5.32 Å². The molecule has 1 atom stereocenters. The van der Waals surface area contributed by atoms with Crippen molar-refractivity contribution in [3.63, 3.8) is 0 Å². The summed E-state index contributed by atoms with van der Waals surface area (Å²) in [5, 5.41) is 3.25. The lowest BCUT2D eigenvalue weighted by atomic mass is 10.0. The van der Waals surface area contributed by atoms with Gasteiger partial charge in [-0.15, -0.1) is 0 Å². The fourth-order valence-electron chi connectivity index (χ4n) is 2.12. The number of hydrogen-bond acceptors (Lipinski definition) is 2. The second kappa shape index (κ2) is 7.56. The van der Waals surface area contributed by atoms with E-state index in [1.807, 2.05) is 18.2 Å². The maximum atomic E-state index is 13.1. The molecule has 0 fully saturated rings. The molecule has 0 aliphatic rings. The maximum Gasteiger partial charge on any atom is 0.128 e. The predicted octanol–water partition coefficient (Wildman–Crippen LogP) is 2.94. The van der Waals surface area contributed by atoms with Gasteiger partial charge in [-0.1, -0.05) is 42.5 Å². The second-order valence-electron chi connectivity index (χ2n) is 4.74. The smallest absolute Gasteiger partial charge is 0.128 e. The summed E-state index contributed by atoms with van der Waals surface area (Å²) in [7, 11) is 0. The summed E-state index contributed by atoms with van der Waals surface area (Å²) in [6, 6.07) is 16.4. The Hall–Kier alpha value is -2.00. The first-order valence-corrected chi connectivity index (χ1v) is 6.75. The minimum atomic E-state index is -0.307. The Balaban J connectivity index is 1.81. The van der Waals surface area contributed by atoms with Crippen molar-refractivity contribution < 1.29 is 9.18 Å². The molecule has 2 aromatic rings. The first kappa shape index (κ1) is 14.4. The van der Waals surface area contributed by atoms with Gasteiger partial charge in [0.25, 0.3) is 0 Å². The summed E-state index contributed by atoms with van der Waals surface area (Å²) in [5.74, 6) is -0.611. The molecule has 0 radical (unpaired) electrons. The van der Waals surface area contributed by atoms with E-state index in [0.29, 0.717) is 12.1 Å². The van der Waals surface area contributed by atoms with E-state index in [-0.39, 0.29) is 11.7 Å². The number of hydrogen-bond donors (Lipinski definition) is 1. The lowest BCUT2D eigenvalue weighted by Gasteiger charge is -2.12. The third-order valence-electron chi connectivity index (χ3n) is 3.24. The van der Waals surface area contributed by atoms with Crippen LogP contribution in [0.15, 0.2) is 54.6 Å². The number of nitrogens with one attached hydrogen (secondary N) is 1. The van der Waals surface area contributed by atoms with Crippen LogP contribution in [0.25, 0.3) is 0 Å². The lowest BCUT2D eigenvalue weighted by Crippen LogP contribution is -2.24. The zero-order chi connectivity index (χ0) is 14.2. The molecule has 2 aromatic carbocycles. The molecule has 0 bridgehead atoms. The molecule has 0 saturated heterocycles. The SMILES string of the molecule is O=CC(CNCCc1ccccc1)c1cccc(F)c1. The van der Waals surface area contributed by atoms with Gasteiger partial charge in [0.05, 0.1) is 5.92 Å². The predicted molar refractivity (Wildman–Crippen MR) is 78.2 cm³/mol. The second-order valence-corrected chi connectivity index (χ2v) is 4.74. The molecule has 1 N–H and O–H groups in total. The number of carbonyl (C=O) groups is 1. The number of aldehydes is 1. The average molecular weight is 271 g/mol. The summed E-state index contributed by atoms with van der Waals surface area (Å²) in [6.07, 6.45) is 1.78. The minimum absolute atomic E-state index is 0.304. The van der Waals surface area contributed by atoms with Crippen LogP contribution in [-0.4, -0.2) is 19.4 Å². The molecule has 2 rings (SSSR count). The van der Waals surface area contributed by atoms with Crippen LogP contribution in [0.4, 0.5) is 4.39 Å².